The van der Waals surface area contributed by atoms with E-state index in [0.717, 1.165) is 16.7 Å². The van der Waals surface area contributed by atoms with Gasteiger partial charge in [-0.2, -0.15) is 0 Å². The van der Waals surface area contributed by atoms with Gasteiger partial charge in [0.25, 0.3) is 0 Å². The van der Waals surface area contributed by atoms with Crippen LogP contribution < -0.4 is 4.52 Å². The van der Waals surface area contributed by atoms with Crippen LogP contribution in [0.4, 0.5) is 0 Å². The molecular formula is C16H15O3P. The molecule has 0 aliphatic heterocycles. The Bertz CT molecular complexity index is 677. The van der Waals surface area contributed by atoms with Gasteiger partial charge in [-0.05, 0) is 55.7 Å². The summed E-state index contributed by atoms with van der Waals surface area (Å²) in [6.45, 7) is 5.91. The quantitative estimate of drug-likeness (QED) is 0.617. The highest BCUT2D eigenvalue weighted by Crippen LogP contribution is 2.26. The fourth-order valence-electron chi connectivity index (χ4n) is 2.12. The summed E-state index contributed by atoms with van der Waals surface area (Å²) in [6.07, 6.45) is 0. The zero-order valence-electron chi connectivity index (χ0n) is 11.6. The Labute approximate surface area is 119 Å². The monoisotopic (exact) mass is 286 g/mol. The number of hydrogen-bond donors (Lipinski definition) is 0. The second-order valence-electron chi connectivity index (χ2n) is 4.74. The molecule has 0 fully saturated rings. The Morgan fingerprint density at radius 3 is 2.30 bits per heavy atom. The van der Waals surface area contributed by atoms with Gasteiger partial charge in [0.1, 0.15) is 5.75 Å². The lowest BCUT2D eigenvalue weighted by molar-refractivity contribution is 0.103. The Hall–Kier alpha value is -1.99. The molecule has 0 atom stereocenters. The smallest absolute Gasteiger partial charge is 0.395 e. The largest absolute Gasteiger partial charge is 0.407 e. The van der Waals surface area contributed by atoms with E-state index in [1.54, 1.807) is 24.3 Å². The third-order valence-corrected chi connectivity index (χ3v) is 3.62. The van der Waals surface area contributed by atoms with Gasteiger partial charge in [-0.25, -0.2) is 4.57 Å². The molecule has 20 heavy (non-hydrogen) atoms. The van der Waals surface area contributed by atoms with E-state index in [1.807, 2.05) is 32.9 Å². The second-order valence-corrected chi connectivity index (χ2v) is 5.07. The van der Waals surface area contributed by atoms with Crippen LogP contribution in [0.25, 0.3) is 0 Å². The van der Waals surface area contributed by atoms with E-state index in [2.05, 4.69) is 0 Å². The van der Waals surface area contributed by atoms with Gasteiger partial charge in [-0.15, -0.1) is 0 Å². The molecule has 0 aliphatic carbocycles. The topological polar surface area (TPSA) is 43.4 Å². The molecule has 0 spiro atoms. The fourth-order valence-corrected chi connectivity index (χ4v) is 2.36. The number of para-hydroxylation sites is 1. The van der Waals surface area contributed by atoms with Crippen molar-refractivity contribution < 1.29 is 13.9 Å². The van der Waals surface area contributed by atoms with Crippen LogP contribution in [-0.4, -0.2) is 5.78 Å². The summed E-state index contributed by atoms with van der Waals surface area (Å²) in [5.41, 5.74) is 4.21. The van der Waals surface area contributed by atoms with E-state index in [4.69, 9.17) is 4.52 Å². The molecule has 0 radical (unpaired) electrons. The van der Waals surface area contributed by atoms with Gasteiger partial charge in [0.15, 0.2) is 5.78 Å². The van der Waals surface area contributed by atoms with Gasteiger partial charge in [0.2, 0.25) is 0 Å². The first-order chi connectivity index (χ1) is 9.54. The van der Waals surface area contributed by atoms with Crippen LogP contribution in [0.2, 0.25) is 0 Å². The number of rotatable bonds is 4. The highest BCUT2D eigenvalue weighted by Gasteiger charge is 2.17. The van der Waals surface area contributed by atoms with Crippen LogP contribution >= 0.6 is 8.69 Å². The molecule has 0 saturated carbocycles. The number of aryl methyl sites for hydroxylation is 3. The summed E-state index contributed by atoms with van der Waals surface area (Å²) >= 11 is 0. The summed E-state index contributed by atoms with van der Waals surface area (Å²) in [6, 6.07) is 10.7. The zero-order chi connectivity index (χ0) is 14.7. The van der Waals surface area contributed by atoms with Crippen molar-refractivity contribution in [3.63, 3.8) is 0 Å². The van der Waals surface area contributed by atoms with Gasteiger partial charge in [0, 0.05) is 5.56 Å². The van der Waals surface area contributed by atoms with Crippen LogP contribution in [0, 0.1) is 20.8 Å². The SMILES string of the molecule is Cc1cc(C)c(C(=O)c2ccccc2OP=O)cc1C. The Balaban J connectivity index is 2.52. The lowest BCUT2D eigenvalue weighted by Gasteiger charge is -2.10. The molecule has 0 N–H and O–H groups in total. The van der Waals surface area contributed by atoms with Gasteiger partial charge in [0.05, 0.1) is 5.56 Å². The molecule has 0 aliphatic rings. The molecule has 102 valence electrons. The minimum Gasteiger partial charge on any atom is -0.407 e. The number of benzene rings is 2. The van der Waals surface area contributed by atoms with Crippen LogP contribution in [0.3, 0.4) is 0 Å². The third kappa shape index (κ3) is 2.78. The number of carbonyl (C=O) groups is 1. The van der Waals surface area contributed by atoms with Crippen LogP contribution in [0.15, 0.2) is 36.4 Å². The van der Waals surface area contributed by atoms with Crippen molar-refractivity contribution >= 4 is 14.5 Å². The summed E-state index contributed by atoms with van der Waals surface area (Å²) in [5.74, 6) is 0.205. The van der Waals surface area contributed by atoms with Crippen molar-refractivity contribution in [2.45, 2.75) is 20.8 Å². The van der Waals surface area contributed by atoms with E-state index in [1.165, 1.54) is 0 Å². The van der Waals surface area contributed by atoms with Crippen molar-refractivity contribution in [1.29, 1.82) is 0 Å². The van der Waals surface area contributed by atoms with Crippen molar-refractivity contribution in [3.05, 3.63) is 64.2 Å². The number of ketones is 1. The minimum absolute atomic E-state index is 0.121. The fraction of sp³-hybridized carbons (Fsp3) is 0.188. The predicted molar refractivity (Wildman–Crippen MR) is 78.8 cm³/mol. The highest BCUT2D eigenvalue weighted by molar-refractivity contribution is 7.17. The molecule has 4 heteroatoms. The first-order valence-electron chi connectivity index (χ1n) is 6.26. The normalized spacial score (nSPS) is 10.6. The summed E-state index contributed by atoms with van der Waals surface area (Å²) in [7, 11) is -0.469. The maximum atomic E-state index is 12.6. The standard InChI is InChI=1S/C16H15O3P/c1-10-8-12(3)14(9-11(10)2)16(17)13-6-4-5-7-15(13)19-20-18/h4-9H,1-3H3. The Morgan fingerprint density at radius 1 is 0.950 bits per heavy atom. The first-order valence-corrected chi connectivity index (χ1v) is 6.99. The van der Waals surface area contributed by atoms with E-state index < -0.39 is 8.69 Å². The van der Waals surface area contributed by atoms with Gasteiger partial charge in [-0.3, -0.25) is 4.79 Å². The first kappa shape index (κ1) is 14.4. The molecule has 0 unspecified atom stereocenters. The van der Waals surface area contributed by atoms with Crippen molar-refractivity contribution in [2.24, 2.45) is 0 Å². The van der Waals surface area contributed by atoms with Crippen LogP contribution in [-0.2, 0) is 4.57 Å². The minimum atomic E-state index is -0.469. The summed E-state index contributed by atoms with van der Waals surface area (Å²) < 4.78 is 15.6. The maximum Gasteiger partial charge on any atom is 0.395 e. The van der Waals surface area contributed by atoms with Crippen molar-refractivity contribution in [1.82, 2.24) is 0 Å². The average molecular weight is 286 g/mol. The van der Waals surface area contributed by atoms with Gasteiger partial charge >= 0.3 is 8.69 Å². The Morgan fingerprint density at radius 2 is 1.60 bits per heavy atom. The Kier molecular flexibility index (Phi) is 4.31. The van der Waals surface area contributed by atoms with E-state index >= 15 is 0 Å². The highest BCUT2D eigenvalue weighted by atomic mass is 31.1. The lowest BCUT2D eigenvalue weighted by atomic mass is 9.94. The van der Waals surface area contributed by atoms with E-state index in [0.29, 0.717) is 16.9 Å². The van der Waals surface area contributed by atoms with Crippen LogP contribution in [0.1, 0.15) is 32.6 Å². The van der Waals surface area contributed by atoms with E-state index in [9.17, 15) is 9.36 Å². The molecule has 0 saturated heterocycles. The molecule has 0 amide bonds. The molecule has 2 rings (SSSR count). The average Bonchev–Trinajstić information content (AvgIpc) is 2.43. The molecule has 2 aromatic rings. The summed E-state index contributed by atoms with van der Waals surface area (Å²) in [4.78, 5) is 12.6. The molecule has 0 heterocycles. The van der Waals surface area contributed by atoms with Crippen molar-refractivity contribution in [2.75, 3.05) is 0 Å². The number of hydrogen-bond acceptors (Lipinski definition) is 3. The van der Waals surface area contributed by atoms with E-state index in [-0.39, 0.29) is 5.78 Å². The number of carbonyl (C=O) groups excluding carboxylic acids is 1. The molecule has 0 bridgehead atoms. The van der Waals surface area contributed by atoms with Gasteiger partial charge in [-0.1, -0.05) is 18.2 Å². The van der Waals surface area contributed by atoms with Crippen LogP contribution in [0.5, 0.6) is 5.75 Å². The lowest BCUT2D eigenvalue weighted by Crippen LogP contribution is -2.06. The zero-order valence-corrected chi connectivity index (χ0v) is 12.5. The molecular weight excluding hydrogens is 271 g/mol. The third-order valence-electron chi connectivity index (χ3n) is 3.35. The second kappa shape index (κ2) is 5.98. The molecule has 0 aromatic heterocycles. The maximum absolute atomic E-state index is 12.6. The summed E-state index contributed by atoms with van der Waals surface area (Å²) in [5, 5.41) is 0. The van der Waals surface area contributed by atoms with Crippen molar-refractivity contribution in [3.8, 4) is 5.75 Å². The molecule has 3 nitrogen and oxygen atoms in total. The van der Waals surface area contributed by atoms with Gasteiger partial charge < -0.3 is 4.52 Å². The molecule has 2 aromatic carbocycles. The predicted octanol–water partition coefficient (Wildman–Crippen LogP) is 4.43.